The maximum absolute atomic E-state index is 2.40. The highest BCUT2D eigenvalue weighted by Crippen LogP contribution is 2.40. The van der Waals surface area contributed by atoms with Crippen molar-refractivity contribution in [3.05, 3.63) is 70.9 Å². The fourth-order valence-electron chi connectivity index (χ4n) is 4.49. The van der Waals surface area contributed by atoms with E-state index in [0.29, 0.717) is 0 Å². The molecule has 0 N–H and O–H groups in total. The molecule has 2 heteroatoms. The zero-order valence-electron chi connectivity index (χ0n) is 15.8. The second-order valence-corrected chi connectivity index (χ2v) is 9.67. The summed E-state index contributed by atoms with van der Waals surface area (Å²) in [7, 11) is 0. The van der Waals surface area contributed by atoms with Crippen LogP contribution in [0, 0.1) is 0 Å². The summed E-state index contributed by atoms with van der Waals surface area (Å²) in [6.07, 6.45) is 3.73. The molecule has 0 unspecified atom stereocenters. The number of aryl methyl sites for hydroxylation is 1. The summed E-state index contributed by atoms with van der Waals surface area (Å²) in [5.74, 6) is 0. The lowest BCUT2D eigenvalue weighted by molar-refractivity contribution is 0.804. The fourth-order valence-corrected chi connectivity index (χ4v) is 6.65. The number of hydrogen-bond donors (Lipinski definition) is 0. The molecule has 0 atom stereocenters. The summed E-state index contributed by atoms with van der Waals surface area (Å²) in [6, 6.07) is 23.1. The Hall–Kier alpha value is -2.42. The van der Waals surface area contributed by atoms with Gasteiger partial charge in [-0.3, -0.25) is 0 Å². The molecule has 4 aromatic carbocycles. The van der Waals surface area contributed by atoms with Crippen LogP contribution in [0.15, 0.2) is 66.0 Å². The summed E-state index contributed by atoms with van der Waals surface area (Å²) in [4.78, 5) is 1.52. The van der Waals surface area contributed by atoms with Gasteiger partial charge in [0.1, 0.15) is 0 Å². The van der Waals surface area contributed by atoms with E-state index in [9.17, 15) is 0 Å². The highest BCUT2D eigenvalue weighted by molar-refractivity contribution is 7.20. The van der Waals surface area contributed by atoms with Crippen molar-refractivity contribution in [2.75, 3.05) is 0 Å². The highest BCUT2D eigenvalue weighted by Gasteiger charge is 2.11. The van der Waals surface area contributed by atoms with E-state index in [0.717, 1.165) is 0 Å². The van der Waals surface area contributed by atoms with Crippen molar-refractivity contribution < 1.29 is 0 Å². The minimum atomic E-state index is 1.20. The Morgan fingerprint density at radius 2 is 1.25 bits per heavy atom. The largest absolute Gasteiger partial charge is 0.143 e. The summed E-state index contributed by atoms with van der Waals surface area (Å²) in [6.45, 7) is 2.27. The molecule has 0 spiro atoms. The van der Waals surface area contributed by atoms with Crippen LogP contribution in [0.2, 0.25) is 0 Å². The van der Waals surface area contributed by atoms with Crippen LogP contribution in [0.25, 0.3) is 52.5 Å². The molecule has 6 rings (SSSR count). The molecule has 28 heavy (non-hydrogen) atoms. The average Bonchev–Trinajstić information content (AvgIpc) is 3.37. The lowest BCUT2D eigenvalue weighted by Crippen LogP contribution is -1.81. The van der Waals surface area contributed by atoms with Gasteiger partial charge in [0.05, 0.1) is 0 Å². The maximum Gasteiger partial charge on any atom is 0.0424 e. The van der Waals surface area contributed by atoms with Crippen LogP contribution in [0.4, 0.5) is 0 Å². The van der Waals surface area contributed by atoms with Gasteiger partial charge in [-0.25, -0.2) is 0 Å². The van der Waals surface area contributed by atoms with E-state index in [1.807, 2.05) is 22.7 Å². The van der Waals surface area contributed by atoms with Gasteiger partial charge < -0.3 is 0 Å². The van der Waals surface area contributed by atoms with Crippen LogP contribution in [-0.2, 0) is 6.42 Å². The molecule has 0 saturated carbocycles. The molecule has 0 nitrogen and oxygen atoms in total. The number of rotatable bonds is 3. The van der Waals surface area contributed by atoms with Crippen molar-refractivity contribution in [1.29, 1.82) is 0 Å². The van der Waals surface area contributed by atoms with Gasteiger partial charge in [-0.1, -0.05) is 61.9 Å². The van der Waals surface area contributed by atoms with Crippen LogP contribution in [-0.4, -0.2) is 0 Å². The molecule has 0 aliphatic carbocycles. The molecule has 0 fully saturated rings. The molecule has 136 valence electrons. The molecule has 0 amide bonds. The topological polar surface area (TPSA) is 0 Å². The van der Waals surface area contributed by atoms with Crippen molar-refractivity contribution in [3.63, 3.8) is 0 Å². The predicted molar refractivity (Wildman–Crippen MR) is 128 cm³/mol. The molecule has 0 aliphatic rings. The second kappa shape index (κ2) is 6.30. The molecule has 0 bridgehead atoms. The van der Waals surface area contributed by atoms with Crippen LogP contribution in [0.5, 0.6) is 0 Å². The summed E-state index contributed by atoms with van der Waals surface area (Å²) < 4.78 is 2.84. The second-order valence-electron chi connectivity index (χ2n) is 7.62. The Kier molecular flexibility index (Phi) is 3.72. The molecule has 0 radical (unpaired) electrons. The highest BCUT2D eigenvalue weighted by atomic mass is 32.1. The Morgan fingerprint density at radius 1 is 0.643 bits per heavy atom. The van der Waals surface area contributed by atoms with Crippen LogP contribution >= 0.6 is 22.7 Å². The normalized spacial score (nSPS) is 12.2. The van der Waals surface area contributed by atoms with Gasteiger partial charge in [0, 0.05) is 25.0 Å². The molecular weight excluding hydrogens is 376 g/mol. The molecule has 6 aromatic rings. The van der Waals surface area contributed by atoms with Gasteiger partial charge in [0.25, 0.3) is 0 Å². The van der Waals surface area contributed by atoms with E-state index >= 15 is 0 Å². The SMILES string of the molecule is CCCCc1cc2ccc3c4ccc5c(ccc6ccsc65)c4ccc3c2s1. The van der Waals surface area contributed by atoms with Crippen LogP contribution < -0.4 is 0 Å². The first-order chi connectivity index (χ1) is 13.8. The van der Waals surface area contributed by atoms with Gasteiger partial charge >= 0.3 is 0 Å². The minimum Gasteiger partial charge on any atom is -0.143 e. The third-order valence-electron chi connectivity index (χ3n) is 5.92. The smallest absolute Gasteiger partial charge is 0.0424 e. The Balaban J connectivity index is 1.66. The number of unbranched alkanes of at least 4 members (excludes halogenated alkanes) is 1. The molecule has 0 saturated heterocycles. The Labute approximate surface area is 172 Å². The predicted octanol–water partition coefficient (Wildman–Crippen LogP) is 8.92. The van der Waals surface area contributed by atoms with Crippen LogP contribution in [0.3, 0.4) is 0 Å². The fraction of sp³-hybridized carbons (Fsp3) is 0.154. The van der Waals surface area contributed by atoms with Crippen molar-refractivity contribution in [2.24, 2.45) is 0 Å². The third-order valence-corrected chi connectivity index (χ3v) is 8.12. The van der Waals surface area contributed by atoms with Gasteiger partial charge in [-0.05, 0) is 62.7 Å². The van der Waals surface area contributed by atoms with E-state index in [1.54, 1.807) is 0 Å². The monoisotopic (exact) mass is 396 g/mol. The van der Waals surface area contributed by atoms with Crippen LogP contribution in [0.1, 0.15) is 24.6 Å². The van der Waals surface area contributed by atoms with Gasteiger partial charge in [0.2, 0.25) is 0 Å². The maximum atomic E-state index is 2.40. The first kappa shape index (κ1) is 16.5. The van der Waals surface area contributed by atoms with Gasteiger partial charge in [0.15, 0.2) is 0 Å². The van der Waals surface area contributed by atoms with Crippen molar-refractivity contribution in [2.45, 2.75) is 26.2 Å². The van der Waals surface area contributed by atoms with Crippen molar-refractivity contribution >= 4 is 75.2 Å². The van der Waals surface area contributed by atoms with Crippen molar-refractivity contribution in [1.82, 2.24) is 0 Å². The van der Waals surface area contributed by atoms with E-state index in [4.69, 9.17) is 0 Å². The number of benzene rings is 4. The van der Waals surface area contributed by atoms with Gasteiger partial charge in [-0.2, -0.15) is 0 Å². The average molecular weight is 397 g/mol. The number of hydrogen-bond acceptors (Lipinski definition) is 2. The molecule has 2 aromatic heterocycles. The minimum absolute atomic E-state index is 1.20. The Morgan fingerprint density at radius 3 is 2.00 bits per heavy atom. The molecular formula is C26H20S2. The molecule has 0 aliphatic heterocycles. The third kappa shape index (κ3) is 2.35. The first-order valence-electron chi connectivity index (χ1n) is 10.0. The lowest BCUT2D eigenvalue weighted by Gasteiger charge is -2.09. The van der Waals surface area contributed by atoms with Gasteiger partial charge in [-0.15, -0.1) is 22.7 Å². The lowest BCUT2D eigenvalue weighted by atomic mass is 9.96. The standard InChI is InChI=1S/C26H20S2/c1-2-3-4-18-15-17-6-8-22-20-9-11-23-21(7-5-16-13-14-27-25(16)23)19(20)10-12-24(22)26(17)28-18/h5-15H,2-4H2,1H3. The summed E-state index contributed by atoms with van der Waals surface area (Å²) in [5.41, 5.74) is 0. The summed E-state index contributed by atoms with van der Waals surface area (Å²) >= 11 is 3.83. The Bertz CT molecular complexity index is 1500. The first-order valence-corrected chi connectivity index (χ1v) is 11.7. The number of fused-ring (bicyclic) bond motifs is 9. The van der Waals surface area contributed by atoms with E-state index in [-0.39, 0.29) is 0 Å². The van der Waals surface area contributed by atoms with E-state index < -0.39 is 0 Å². The quantitative estimate of drug-likeness (QED) is 0.262. The zero-order valence-corrected chi connectivity index (χ0v) is 17.4. The van der Waals surface area contributed by atoms with E-state index in [1.165, 1.54) is 76.6 Å². The zero-order chi connectivity index (χ0) is 18.7. The summed E-state index contributed by atoms with van der Waals surface area (Å²) in [5, 5.41) is 13.2. The van der Waals surface area contributed by atoms with Crippen molar-refractivity contribution in [3.8, 4) is 0 Å². The number of thiophene rings is 2. The van der Waals surface area contributed by atoms with E-state index in [2.05, 4.69) is 73.0 Å². The molecule has 2 heterocycles.